The zero-order valence-corrected chi connectivity index (χ0v) is 14.9. The predicted molar refractivity (Wildman–Crippen MR) is 104 cm³/mol. The SMILES string of the molecule is CN(C)CCOc1ccc(C=NNc2ccc(-c3cnco3)cc2)cc1. The highest BCUT2D eigenvalue weighted by Gasteiger charge is 2.00. The number of hydrogen-bond donors (Lipinski definition) is 1. The van der Waals surface area contributed by atoms with Gasteiger partial charge in [0.1, 0.15) is 12.4 Å². The summed E-state index contributed by atoms with van der Waals surface area (Å²) in [4.78, 5) is 6.01. The lowest BCUT2D eigenvalue weighted by atomic mass is 10.2. The van der Waals surface area contributed by atoms with Crippen LogP contribution in [0.15, 0.2) is 70.6 Å². The van der Waals surface area contributed by atoms with E-state index < -0.39 is 0 Å². The first kappa shape index (κ1) is 17.7. The molecule has 1 heterocycles. The summed E-state index contributed by atoms with van der Waals surface area (Å²) in [5.74, 6) is 1.60. The molecule has 0 aliphatic carbocycles. The molecule has 0 bridgehead atoms. The zero-order chi connectivity index (χ0) is 18.2. The average molecular weight is 350 g/mol. The monoisotopic (exact) mass is 350 g/mol. The second-order valence-electron chi connectivity index (χ2n) is 6.03. The number of aromatic nitrogens is 1. The van der Waals surface area contributed by atoms with E-state index in [9.17, 15) is 0 Å². The number of anilines is 1. The Labute approximate surface area is 153 Å². The average Bonchev–Trinajstić information content (AvgIpc) is 3.18. The first-order valence-electron chi connectivity index (χ1n) is 8.36. The third-order valence-electron chi connectivity index (χ3n) is 3.70. The van der Waals surface area contributed by atoms with Crippen molar-refractivity contribution in [2.24, 2.45) is 5.10 Å². The topological polar surface area (TPSA) is 62.9 Å². The van der Waals surface area contributed by atoms with E-state index in [2.05, 4.69) is 20.4 Å². The maximum Gasteiger partial charge on any atom is 0.181 e. The van der Waals surface area contributed by atoms with E-state index in [1.807, 2.05) is 62.6 Å². The third-order valence-corrected chi connectivity index (χ3v) is 3.70. The summed E-state index contributed by atoms with van der Waals surface area (Å²) in [6, 6.07) is 15.6. The van der Waals surface area contributed by atoms with Gasteiger partial charge in [-0.25, -0.2) is 4.98 Å². The lowest BCUT2D eigenvalue weighted by molar-refractivity contribution is 0.261. The van der Waals surface area contributed by atoms with Gasteiger partial charge in [0.15, 0.2) is 12.2 Å². The summed E-state index contributed by atoms with van der Waals surface area (Å²) in [6.45, 7) is 1.56. The number of likely N-dealkylation sites (N-methyl/N-ethyl adjacent to an activating group) is 1. The molecular weight excluding hydrogens is 328 g/mol. The quantitative estimate of drug-likeness (QED) is 0.495. The van der Waals surface area contributed by atoms with Crippen LogP contribution in [0.2, 0.25) is 0 Å². The van der Waals surface area contributed by atoms with E-state index in [4.69, 9.17) is 9.15 Å². The molecule has 1 N–H and O–H groups in total. The van der Waals surface area contributed by atoms with Crippen LogP contribution in [0, 0.1) is 0 Å². The Hall–Kier alpha value is -3.12. The van der Waals surface area contributed by atoms with Crippen LogP contribution in [0.5, 0.6) is 5.75 Å². The second-order valence-corrected chi connectivity index (χ2v) is 6.03. The van der Waals surface area contributed by atoms with Crippen molar-refractivity contribution in [2.75, 3.05) is 32.7 Å². The van der Waals surface area contributed by atoms with Crippen molar-refractivity contribution in [3.05, 3.63) is 66.7 Å². The maximum absolute atomic E-state index is 5.67. The van der Waals surface area contributed by atoms with Gasteiger partial charge in [-0.3, -0.25) is 5.43 Å². The first-order valence-corrected chi connectivity index (χ1v) is 8.36. The van der Waals surface area contributed by atoms with E-state index >= 15 is 0 Å². The molecule has 0 unspecified atom stereocenters. The molecule has 0 saturated heterocycles. The van der Waals surface area contributed by atoms with Gasteiger partial charge >= 0.3 is 0 Å². The molecule has 6 heteroatoms. The summed E-state index contributed by atoms with van der Waals surface area (Å²) in [6.07, 6.45) is 4.88. The third kappa shape index (κ3) is 5.19. The normalized spacial score (nSPS) is 11.2. The van der Waals surface area contributed by atoms with Crippen molar-refractivity contribution in [1.82, 2.24) is 9.88 Å². The van der Waals surface area contributed by atoms with Gasteiger partial charge in [0, 0.05) is 12.1 Å². The van der Waals surface area contributed by atoms with Gasteiger partial charge in [0.25, 0.3) is 0 Å². The smallest absolute Gasteiger partial charge is 0.181 e. The van der Waals surface area contributed by atoms with Crippen molar-refractivity contribution in [3.63, 3.8) is 0 Å². The Morgan fingerprint density at radius 2 is 1.88 bits per heavy atom. The maximum atomic E-state index is 5.67. The molecule has 3 aromatic rings. The summed E-state index contributed by atoms with van der Waals surface area (Å²) in [5, 5.41) is 4.26. The number of rotatable bonds is 8. The van der Waals surface area contributed by atoms with Gasteiger partial charge in [-0.05, 0) is 68.2 Å². The van der Waals surface area contributed by atoms with Crippen LogP contribution in [-0.4, -0.2) is 43.3 Å². The molecule has 0 aliphatic heterocycles. The highest BCUT2D eigenvalue weighted by molar-refractivity contribution is 5.80. The van der Waals surface area contributed by atoms with E-state index in [1.54, 1.807) is 12.4 Å². The van der Waals surface area contributed by atoms with E-state index in [1.165, 1.54) is 6.39 Å². The second kappa shape index (κ2) is 8.82. The molecule has 26 heavy (non-hydrogen) atoms. The van der Waals surface area contributed by atoms with Crippen molar-refractivity contribution < 1.29 is 9.15 Å². The fraction of sp³-hybridized carbons (Fsp3) is 0.200. The molecule has 6 nitrogen and oxygen atoms in total. The summed E-state index contributed by atoms with van der Waals surface area (Å²) >= 11 is 0. The summed E-state index contributed by atoms with van der Waals surface area (Å²) in [5.41, 5.74) is 5.88. The molecule has 0 spiro atoms. The van der Waals surface area contributed by atoms with Crippen LogP contribution in [0.1, 0.15) is 5.56 Å². The Morgan fingerprint density at radius 1 is 1.12 bits per heavy atom. The standard InChI is InChI=1S/C20H22N4O2/c1-24(2)11-12-25-19-9-3-16(4-10-19)13-22-23-18-7-5-17(6-8-18)20-14-21-15-26-20/h3-10,13-15,23H,11-12H2,1-2H3. The van der Waals surface area contributed by atoms with Crippen molar-refractivity contribution in [1.29, 1.82) is 0 Å². The number of hydrazone groups is 1. The fourth-order valence-electron chi connectivity index (χ4n) is 2.24. The largest absolute Gasteiger partial charge is 0.492 e. The predicted octanol–water partition coefficient (Wildman–Crippen LogP) is 3.73. The molecule has 134 valence electrons. The van der Waals surface area contributed by atoms with Crippen LogP contribution < -0.4 is 10.2 Å². The van der Waals surface area contributed by atoms with Gasteiger partial charge in [0.2, 0.25) is 0 Å². The summed E-state index contributed by atoms with van der Waals surface area (Å²) < 4.78 is 10.9. The van der Waals surface area contributed by atoms with Gasteiger partial charge in [-0.1, -0.05) is 0 Å². The summed E-state index contributed by atoms with van der Waals surface area (Å²) in [7, 11) is 4.05. The van der Waals surface area contributed by atoms with Crippen LogP contribution in [0.3, 0.4) is 0 Å². The van der Waals surface area contributed by atoms with Gasteiger partial charge in [0.05, 0.1) is 18.1 Å². The molecule has 0 aliphatic rings. The number of benzene rings is 2. The number of hydrogen-bond acceptors (Lipinski definition) is 6. The van der Waals surface area contributed by atoms with Crippen LogP contribution >= 0.6 is 0 Å². The molecular formula is C20H22N4O2. The Bertz CT molecular complexity index is 810. The van der Waals surface area contributed by atoms with Gasteiger partial charge < -0.3 is 14.1 Å². The lowest BCUT2D eigenvalue weighted by Gasteiger charge is -2.10. The molecule has 2 aromatic carbocycles. The first-order chi connectivity index (χ1) is 12.7. The Kier molecular flexibility index (Phi) is 6.01. The van der Waals surface area contributed by atoms with E-state index in [-0.39, 0.29) is 0 Å². The molecule has 1 aromatic heterocycles. The van der Waals surface area contributed by atoms with E-state index in [0.29, 0.717) is 6.61 Å². The number of ether oxygens (including phenoxy) is 1. The molecule has 0 atom stereocenters. The molecule has 0 amide bonds. The molecule has 0 saturated carbocycles. The minimum atomic E-state index is 0.673. The highest BCUT2D eigenvalue weighted by atomic mass is 16.5. The molecule has 3 rings (SSSR count). The number of nitrogens with one attached hydrogen (secondary N) is 1. The number of nitrogens with zero attached hydrogens (tertiary/aromatic N) is 3. The van der Waals surface area contributed by atoms with E-state index in [0.717, 1.165) is 34.9 Å². The minimum absolute atomic E-state index is 0.673. The van der Waals surface area contributed by atoms with Gasteiger partial charge in [-0.15, -0.1) is 0 Å². The van der Waals surface area contributed by atoms with Crippen LogP contribution in [-0.2, 0) is 0 Å². The zero-order valence-electron chi connectivity index (χ0n) is 14.9. The molecule has 0 fully saturated rings. The lowest BCUT2D eigenvalue weighted by Crippen LogP contribution is -2.19. The van der Waals surface area contributed by atoms with Gasteiger partial charge in [-0.2, -0.15) is 5.10 Å². The van der Waals surface area contributed by atoms with Crippen molar-refractivity contribution in [2.45, 2.75) is 0 Å². The van der Waals surface area contributed by atoms with Crippen LogP contribution in [0.4, 0.5) is 5.69 Å². The van der Waals surface area contributed by atoms with Crippen LogP contribution in [0.25, 0.3) is 11.3 Å². The fourth-order valence-corrected chi connectivity index (χ4v) is 2.24. The van der Waals surface area contributed by atoms with Crippen molar-refractivity contribution in [3.8, 4) is 17.1 Å². The number of oxazole rings is 1. The highest BCUT2D eigenvalue weighted by Crippen LogP contribution is 2.20. The molecule has 0 radical (unpaired) electrons. The minimum Gasteiger partial charge on any atom is -0.492 e. The van der Waals surface area contributed by atoms with Crippen molar-refractivity contribution >= 4 is 11.9 Å². The Morgan fingerprint density at radius 3 is 2.54 bits per heavy atom. The Balaban J connectivity index is 1.50.